The van der Waals surface area contributed by atoms with Gasteiger partial charge in [-0.3, -0.25) is 0 Å². The third-order valence-corrected chi connectivity index (χ3v) is 2.54. The lowest BCUT2D eigenvalue weighted by molar-refractivity contribution is 0.702. The highest BCUT2D eigenvalue weighted by molar-refractivity contribution is 6.29. The Morgan fingerprint density at radius 2 is 2.13 bits per heavy atom. The van der Waals surface area contributed by atoms with E-state index in [4.69, 9.17) is 17.3 Å². The maximum Gasteiger partial charge on any atom is 0.153 e. The number of nitrogens with two attached hydrogens (primary N) is 1. The van der Waals surface area contributed by atoms with Gasteiger partial charge < -0.3 is 10.6 Å². The molecule has 1 aromatic rings. The van der Waals surface area contributed by atoms with Crippen LogP contribution in [0, 0.1) is 0 Å². The molecule has 0 aliphatic rings. The molecule has 2 N–H and O–H groups in total. The molecular formula is C11H18ClN3. The molecule has 0 aliphatic carbocycles. The molecule has 0 spiro atoms. The molecule has 0 aromatic carbocycles. The van der Waals surface area contributed by atoms with E-state index in [0.717, 1.165) is 18.8 Å². The molecule has 84 valence electrons. The van der Waals surface area contributed by atoms with E-state index in [0.29, 0.717) is 10.8 Å². The summed E-state index contributed by atoms with van der Waals surface area (Å²) in [6.07, 6.45) is 3.59. The molecule has 3 nitrogen and oxygen atoms in total. The highest BCUT2D eigenvalue weighted by Gasteiger charge is 2.06. The van der Waals surface area contributed by atoms with Crippen LogP contribution in [-0.2, 0) is 0 Å². The summed E-state index contributed by atoms with van der Waals surface area (Å²) in [5.41, 5.74) is 6.51. The first-order chi connectivity index (χ1) is 7.15. The van der Waals surface area contributed by atoms with Crippen molar-refractivity contribution in [1.29, 1.82) is 0 Å². The first-order valence-electron chi connectivity index (χ1n) is 5.28. The van der Waals surface area contributed by atoms with Crippen LogP contribution < -0.4 is 10.6 Å². The van der Waals surface area contributed by atoms with Gasteiger partial charge in [-0.15, -0.1) is 0 Å². The van der Waals surface area contributed by atoms with E-state index in [2.05, 4.69) is 16.8 Å². The maximum atomic E-state index is 5.83. The number of nitrogen functional groups attached to an aromatic ring is 1. The second-order valence-electron chi connectivity index (χ2n) is 3.68. The van der Waals surface area contributed by atoms with Gasteiger partial charge in [-0.25, -0.2) is 4.98 Å². The number of hydrogen-bond donors (Lipinski definition) is 1. The summed E-state index contributed by atoms with van der Waals surface area (Å²) >= 11 is 5.83. The number of aromatic nitrogens is 1. The average molecular weight is 228 g/mol. The first kappa shape index (κ1) is 12.1. The van der Waals surface area contributed by atoms with Crippen LogP contribution in [0.3, 0.4) is 0 Å². The molecule has 4 heteroatoms. The van der Waals surface area contributed by atoms with Crippen molar-refractivity contribution in [2.45, 2.75) is 26.2 Å². The number of halogens is 1. The third-order valence-electron chi connectivity index (χ3n) is 2.33. The van der Waals surface area contributed by atoms with Crippen LogP contribution in [-0.4, -0.2) is 18.6 Å². The fourth-order valence-corrected chi connectivity index (χ4v) is 1.59. The summed E-state index contributed by atoms with van der Waals surface area (Å²) in [5, 5.41) is 0.488. The molecule has 0 radical (unpaired) electrons. The molecule has 0 saturated heterocycles. The summed E-state index contributed by atoms with van der Waals surface area (Å²) in [5.74, 6) is 0.776. The van der Waals surface area contributed by atoms with Crippen molar-refractivity contribution in [3.63, 3.8) is 0 Å². The molecule has 15 heavy (non-hydrogen) atoms. The van der Waals surface area contributed by atoms with Crippen LogP contribution in [0.25, 0.3) is 0 Å². The Balaban J connectivity index is 2.64. The standard InChI is InChI=1S/C11H18ClN3/c1-3-4-5-8-15(2)11-9(13)6-7-10(12)14-11/h6-7H,3-5,8,13H2,1-2H3. The summed E-state index contributed by atoms with van der Waals surface area (Å²) < 4.78 is 0. The molecule has 0 fully saturated rings. The number of anilines is 2. The Hall–Kier alpha value is -0.960. The van der Waals surface area contributed by atoms with Gasteiger partial charge in [-0.1, -0.05) is 31.4 Å². The Morgan fingerprint density at radius 1 is 1.40 bits per heavy atom. The van der Waals surface area contributed by atoms with Gasteiger partial charge in [0.2, 0.25) is 0 Å². The second-order valence-corrected chi connectivity index (χ2v) is 4.06. The van der Waals surface area contributed by atoms with E-state index in [-0.39, 0.29) is 0 Å². The van der Waals surface area contributed by atoms with Crippen LogP contribution in [0.15, 0.2) is 12.1 Å². The van der Waals surface area contributed by atoms with Crippen molar-refractivity contribution in [2.75, 3.05) is 24.2 Å². The van der Waals surface area contributed by atoms with Crippen molar-refractivity contribution < 1.29 is 0 Å². The molecule has 0 atom stereocenters. The minimum absolute atomic E-state index is 0.488. The first-order valence-corrected chi connectivity index (χ1v) is 5.66. The predicted octanol–water partition coefficient (Wildman–Crippen LogP) is 2.94. The fraction of sp³-hybridized carbons (Fsp3) is 0.545. The van der Waals surface area contributed by atoms with E-state index >= 15 is 0 Å². The van der Waals surface area contributed by atoms with E-state index in [9.17, 15) is 0 Å². The van der Waals surface area contributed by atoms with Gasteiger partial charge in [0, 0.05) is 13.6 Å². The van der Waals surface area contributed by atoms with Crippen LogP contribution >= 0.6 is 11.6 Å². The van der Waals surface area contributed by atoms with Crippen molar-refractivity contribution >= 4 is 23.1 Å². The predicted molar refractivity (Wildman–Crippen MR) is 66.5 cm³/mol. The molecule has 1 rings (SSSR count). The van der Waals surface area contributed by atoms with Gasteiger partial charge in [0.1, 0.15) is 5.15 Å². The second kappa shape index (κ2) is 5.81. The Kier molecular flexibility index (Phi) is 4.69. The zero-order valence-corrected chi connectivity index (χ0v) is 10.1. The zero-order valence-electron chi connectivity index (χ0n) is 9.33. The molecular weight excluding hydrogens is 210 g/mol. The quantitative estimate of drug-likeness (QED) is 0.621. The van der Waals surface area contributed by atoms with E-state index in [1.807, 2.05) is 7.05 Å². The van der Waals surface area contributed by atoms with Crippen molar-refractivity contribution in [2.24, 2.45) is 0 Å². The summed E-state index contributed by atoms with van der Waals surface area (Å²) in [7, 11) is 1.99. The van der Waals surface area contributed by atoms with Gasteiger partial charge in [-0.05, 0) is 18.6 Å². The number of unbranched alkanes of at least 4 members (excludes halogenated alkanes) is 2. The Bertz CT molecular complexity index is 315. The van der Waals surface area contributed by atoms with Gasteiger partial charge in [0.05, 0.1) is 5.69 Å². The zero-order chi connectivity index (χ0) is 11.3. The van der Waals surface area contributed by atoms with Crippen molar-refractivity contribution in [3.05, 3.63) is 17.3 Å². The van der Waals surface area contributed by atoms with Gasteiger partial charge in [0.15, 0.2) is 5.82 Å². The molecule has 0 unspecified atom stereocenters. The lowest BCUT2D eigenvalue weighted by atomic mass is 10.2. The van der Waals surface area contributed by atoms with Crippen LogP contribution in [0.4, 0.5) is 11.5 Å². The van der Waals surface area contributed by atoms with Gasteiger partial charge in [0.25, 0.3) is 0 Å². The van der Waals surface area contributed by atoms with Crippen molar-refractivity contribution in [3.8, 4) is 0 Å². The highest BCUT2D eigenvalue weighted by Crippen LogP contribution is 2.21. The fourth-order valence-electron chi connectivity index (χ4n) is 1.45. The van der Waals surface area contributed by atoms with E-state index in [1.54, 1.807) is 12.1 Å². The smallest absolute Gasteiger partial charge is 0.153 e. The van der Waals surface area contributed by atoms with Gasteiger partial charge >= 0.3 is 0 Å². The molecule has 1 aromatic heterocycles. The molecule has 0 amide bonds. The Morgan fingerprint density at radius 3 is 2.80 bits per heavy atom. The number of hydrogen-bond acceptors (Lipinski definition) is 3. The number of pyridine rings is 1. The van der Waals surface area contributed by atoms with E-state index in [1.165, 1.54) is 12.8 Å². The normalized spacial score (nSPS) is 10.3. The highest BCUT2D eigenvalue weighted by atomic mass is 35.5. The van der Waals surface area contributed by atoms with Crippen LogP contribution in [0.1, 0.15) is 26.2 Å². The van der Waals surface area contributed by atoms with Gasteiger partial charge in [-0.2, -0.15) is 0 Å². The molecule has 1 heterocycles. The van der Waals surface area contributed by atoms with Crippen LogP contribution in [0.5, 0.6) is 0 Å². The topological polar surface area (TPSA) is 42.2 Å². The van der Waals surface area contributed by atoms with Crippen molar-refractivity contribution in [1.82, 2.24) is 4.98 Å². The number of nitrogens with zero attached hydrogens (tertiary/aromatic N) is 2. The lowest BCUT2D eigenvalue weighted by Gasteiger charge is -2.19. The summed E-state index contributed by atoms with van der Waals surface area (Å²) in [4.78, 5) is 6.27. The molecule has 0 bridgehead atoms. The summed E-state index contributed by atoms with van der Waals surface area (Å²) in [6, 6.07) is 3.50. The third kappa shape index (κ3) is 3.59. The van der Waals surface area contributed by atoms with E-state index < -0.39 is 0 Å². The largest absolute Gasteiger partial charge is 0.396 e. The lowest BCUT2D eigenvalue weighted by Crippen LogP contribution is -2.21. The Labute approximate surface area is 96.2 Å². The molecule has 0 saturated carbocycles. The summed E-state index contributed by atoms with van der Waals surface area (Å²) in [6.45, 7) is 3.15. The monoisotopic (exact) mass is 227 g/mol. The minimum atomic E-state index is 0.488. The minimum Gasteiger partial charge on any atom is -0.396 e. The molecule has 0 aliphatic heterocycles. The average Bonchev–Trinajstić information content (AvgIpc) is 2.22. The van der Waals surface area contributed by atoms with Crippen LogP contribution in [0.2, 0.25) is 5.15 Å². The SMILES string of the molecule is CCCCCN(C)c1nc(Cl)ccc1N. The maximum absolute atomic E-state index is 5.83. The number of rotatable bonds is 5.